The summed E-state index contributed by atoms with van der Waals surface area (Å²) in [6.45, 7) is -2.74. The standard InChI is InChI=1S/C24H40O22/c25-1-4-7(28)9(30)13(34)22(41-4)43-16-6(3-27)40-21(39)15(36)17(16)44-24-19(11(32)8(29)5(2-26)42-24)46-23-14(35)10(31)12(33)18(45-23)20(37)38/h4-19,21-36,39H,1-3H2,(H,37,38). The number of hydrogen-bond acceptors (Lipinski definition) is 21. The molecule has 0 amide bonds. The van der Waals surface area contributed by atoms with E-state index in [0.717, 1.165) is 0 Å². The summed E-state index contributed by atoms with van der Waals surface area (Å²) in [4.78, 5) is 11.5. The Balaban J connectivity index is 1.64. The van der Waals surface area contributed by atoms with E-state index in [1.807, 2.05) is 0 Å². The number of rotatable bonds is 10. The third-order valence-corrected chi connectivity index (χ3v) is 8.17. The normalized spacial score (nSPS) is 51.9. The molecular weight excluding hydrogens is 640 g/mol. The number of ether oxygens (including phenoxy) is 7. The number of aliphatic hydroxyl groups excluding tert-OH is 13. The van der Waals surface area contributed by atoms with Gasteiger partial charge >= 0.3 is 5.97 Å². The molecule has 4 saturated heterocycles. The summed E-state index contributed by atoms with van der Waals surface area (Å²) in [6, 6.07) is 0. The second-order valence-electron chi connectivity index (χ2n) is 11.2. The van der Waals surface area contributed by atoms with Gasteiger partial charge in [0, 0.05) is 0 Å². The molecule has 20 unspecified atom stereocenters. The summed E-state index contributed by atoms with van der Waals surface area (Å²) >= 11 is 0. The molecule has 22 nitrogen and oxygen atoms in total. The second-order valence-corrected chi connectivity index (χ2v) is 11.2. The number of carboxylic acid groups (broad SMARTS) is 1. The maximum Gasteiger partial charge on any atom is 0.335 e. The first-order valence-electron chi connectivity index (χ1n) is 14.1. The lowest BCUT2D eigenvalue weighted by Crippen LogP contribution is -2.68. The minimum Gasteiger partial charge on any atom is -0.479 e. The van der Waals surface area contributed by atoms with Crippen molar-refractivity contribution in [1.29, 1.82) is 0 Å². The monoisotopic (exact) mass is 680 g/mol. The van der Waals surface area contributed by atoms with Gasteiger partial charge in [-0.05, 0) is 0 Å². The van der Waals surface area contributed by atoms with Crippen molar-refractivity contribution in [3.63, 3.8) is 0 Å². The summed E-state index contributed by atoms with van der Waals surface area (Å²) in [7, 11) is 0. The molecule has 22 heteroatoms. The van der Waals surface area contributed by atoms with E-state index in [9.17, 15) is 76.3 Å². The van der Waals surface area contributed by atoms with Crippen LogP contribution in [0.15, 0.2) is 0 Å². The lowest BCUT2D eigenvalue weighted by molar-refractivity contribution is -0.398. The van der Waals surface area contributed by atoms with E-state index in [1.54, 1.807) is 0 Å². The molecule has 0 spiro atoms. The Kier molecular flexibility index (Phi) is 12.6. The van der Waals surface area contributed by atoms with Crippen molar-refractivity contribution in [2.75, 3.05) is 19.8 Å². The Morgan fingerprint density at radius 2 is 0.913 bits per heavy atom. The predicted molar refractivity (Wildman–Crippen MR) is 134 cm³/mol. The number of carbonyl (C=O) groups is 1. The summed E-state index contributed by atoms with van der Waals surface area (Å²) in [5, 5.41) is 142. The molecule has 14 N–H and O–H groups in total. The molecule has 0 aromatic heterocycles. The minimum atomic E-state index is -2.15. The van der Waals surface area contributed by atoms with Gasteiger partial charge in [0.15, 0.2) is 31.3 Å². The largest absolute Gasteiger partial charge is 0.479 e. The van der Waals surface area contributed by atoms with Crippen molar-refractivity contribution >= 4 is 5.97 Å². The summed E-state index contributed by atoms with van der Waals surface area (Å²) in [6.07, 6.45) is -39.0. The average molecular weight is 681 g/mol. The van der Waals surface area contributed by atoms with Gasteiger partial charge in [0.1, 0.15) is 91.6 Å². The Bertz CT molecular complexity index is 990. The highest BCUT2D eigenvalue weighted by atomic mass is 16.8. The molecule has 0 bridgehead atoms. The lowest BCUT2D eigenvalue weighted by Gasteiger charge is -2.49. The van der Waals surface area contributed by atoms with Crippen LogP contribution in [0.3, 0.4) is 0 Å². The predicted octanol–water partition coefficient (Wildman–Crippen LogP) is -9.66. The molecule has 0 aromatic rings. The quantitative estimate of drug-likeness (QED) is 0.102. The molecular formula is C24H40O22. The SMILES string of the molecule is O=C(O)C1OC(OC2C(OC3C(O)C(O)OC(CO)C3OC3OC(CO)C(O)C(O)C3O)OC(CO)C(O)C2O)C(O)C(O)C1O. The van der Waals surface area contributed by atoms with Gasteiger partial charge in [0.2, 0.25) is 0 Å². The molecule has 0 aromatic carbocycles. The van der Waals surface area contributed by atoms with Crippen LogP contribution in [0, 0.1) is 0 Å². The van der Waals surface area contributed by atoms with Gasteiger partial charge in [-0.2, -0.15) is 0 Å². The Hall–Kier alpha value is -1.33. The van der Waals surface area contributed by atoms with Crippen molar-refractivity contribution in [3.8, 4) is 0 Å². The van der Waals surface area contributed by atoms with Gasteiger partial charge in [0.05, 0.1) is 19.8 Å². The highest BCUT2D eigenvalue weighted by Crippen LogP contribution is 2.35. The zero-order chi connectivity index (χ0) is 34.2. The average Bonchev–Trinajstić information content (AvgIpc) is 3.03. The van der Waals surface area contributed by atoms with Gasteiger partial charge in [-0.3, -0.25) is 0 Å². The van der Waals surface area contributed by atoms with Crippen molar-refractivity contribution in [1.82, 2.24) is 0 Å². The van der Waals surface area contributed by atoms with E-state index in [-0.39, 0.29) is 0 Å². The summed E-state index contributed by atoms with van der Waals surface area (Å²) in [5.74, 6) is -1.77. The minimum absolute atomic E-state index is 0.849. The number of aliphatic hydroxyl groups is 13. The van der Waals surface area contributed by atoms with Crippen LogP contribution >= 0.6 is 0 Å². The van der Waals surface area contributed by atoms with Crippen LogP contribution in [-0.4, -0.2) is 220 Å². The Morgan fingerprint density at radius 3 is 1.46 bits per heavy atom. The molecule has 4 aliphatic rings. The van der Waals surface area contributed by atoms with Crippen LogP contribution in [-0.2, 0) is 38.0 Å². The first-order valence-corrected chi connectivity index (χ1v) is 14.1. The second kappa shape index (κ2) is 15.5. The van der Waals surface area contributed by atoms with Gasteiger partial charge < -0.3 is 105 Å². The van der Waals surface area contributed by atoms with E-state index in [1.165, 1.54) is 0 Å². The molecule has 4 aliphatic heterocycles. The van der Waals surface area contributed by atoms with Crippen LogP contribution in [0.2, 0.25) is 0 Å². The van der Waals surface area contributed by atoms with Gasteiger partial charge in [0.25, 0.3) is 0 Å². The lowest BCUT2D eigenvalue weighted by atomic mass is 9.95. The van der Waals surface area contributed by atoms with Crippen molar-refractivity contribution < 1.29 is 109 Å². The van der Waals surface area contributed by atoms with E-state index < -0.39 is 149 Å². The first kappa shape index (κ1) is 37.5. The van der Waals surface area contributed by atoms with Crippen LogP contribution in [0.25, 0.3) is 0 Å². The number of carboxylic acids is 1. The van der Waals surface area contributed by atoms with E-state index in [0.29, 0.717) is 0 Å². The first-order chi connectivity index (χ1) is 21.7. The Morgan fingerprint density at radius 1 is 0.457 bits per heavy atom. The number of hydrogen-bond donors (Lipinski definition) is 14. The zero-order valence-electron chi connectivity index (χ0n) is 23.7. The highest BCUT2D eigenvalue weighted by Gasteiger charge is 2.56. The van der Waals surface area contributed by atoms with E-state index >= 15 is 0 Å². The van der Waals surface area contributed by atoms with E-state index in [2.05, 4.69) is 0 Å². The number of aliphatic carboxylic acids is 1. The third kappa shape index (κ3) is 7.31. The van der Waals surface area contributed by atoms with Crippen molar-refractivity contribution in [2.24, 2.45) is 0 Å². The molecule has 46 heavy (non-hydrogen) atoms. The molecule has 268 valence electrons. The summed E-state index contributed by atoms with van der Waals surface area (Å²) < 4.78 is 37.9. The molecule has 0 saturated carbocycles. The molecule has 0 radical (unpaired) electrons. The van der Waals surface area contributed by atoms with Gasteiger partial charge in [-0.15, -0.1) is 0 Å². The Labute approximate surface area is 258 Å². The maximum atomic E-state index is 11.5. The van der Waals surface area contributed by atoms with Crippen LogP contribution in [0.5, 0.6) is 0 Å². The van der Waals surface area contributed by atoms with Gasteiger partial charge in [-0.25, -0.2) is 4.79 Å². The molecule has 4 heterocycles. The van der Waals surface area contributed by atoms with Gasteiger partial charge in [-0.1, -0.05) is 0 Å². The molecule has 0 aliphatic carbocycles. The smallest absolute Gasteiger partial charge is 0.335 e. The fourth-order valence-electron chi connectivity index (χ4n) is 5.49. The van der Waals surface area contributed by atoms with Crippen molar-refractivity contribution in [2.45, 2.75) is 123 Å². The zero-order valence-corrected chi connectivity index (χ0v) is 23.7. The highest BCUT2D eigenvalue weighted by molar-refractivity contribution is 5.73. The van der Waals surface area contributed by atoms with Crippen LogP contribution in [0.1, 0.15) is 0 Å². The third-order valence-electron chi connectivity index (χ3n) is 8.17. The molecule has 4 rings (SSSR count). The topological polar surface area (TPSA) is 365 Å². The fraction of sp³-hybridized carbons (Fsp3) is 0.958. The summed E-state index contributed by atoms with van der Waals surface area (Å²) in [5.41, 5.74) is 0. The maximum absolute atomic E-state index is 11.5. The molecule has 4 fully saturated rings. The van der Waals surface area contributed by atoms with Crippen molar-refractivity contribution in [3.05, 3.63) is 0 Å². The van der Waals surface area contributed by atoms with Crippen LogP contribution < -0.4 is 0 Å². The van der Waals surface area contributed by atoms with Crippen LogP contribution in [0.4, 0.5) is 0 Å². The fourth-order valence-corrected chi connectivity index (χ4v) is 5.49. The van der Waals surface area contributed by atoms with E-state index in [4.69, 9.17) is 33.2 Å². The molecule has 20 atom stereocenters.